The molecule has 0 spiro atoms. The molecule has 8 heteroatoms. The Bertz CT molecular complexity index is 1260. The molecule has 0 fully saturated rings. The summed E-state index contributed by atoms with van der Waals surface area (Å²) in [7, 11) is 0. The van der Waals surface area contributed by atoms with E-state index in [-0.39, 0.29) is 18.2 Å². The molecular weight excluding hydrogens is 414 g/mol. The van der Waals surface area contributed by atoms with E-state index >= 15 is 0 Å². The van der Waals surface area contributed by atoms with Crippen molar-refractivity contribution in [2.75, 3.05) is 0 Å². The van der Waals surface area contributed by atoms with Crippen LogP contribution in [-0.2, 0) is 12.1 Å². The smallest absolute Gasteiger partial charge is 0.271 e. The Kier molecular flexibility index (Phi) is 6.77. The second-order valence-electron chi connectivity index (χ2n) is 7.18. The summed E-state index contributed by atoms with van der Waals surface area (Å²) < 4.78 is 35.9. The van der Waals surface area contributed by atoms with Gasteiger partial charge < -0.3 is 18.5 Å². The average Bonchev–Trinajstić information content (AvgIpc) is 3.46. The van der Waals surface area contributed by atoms with Gasteiger partial charge in [-0.15, -0.1) is 0 Å². The van der Waals surface area contributed by atoms with Gasteiger partial charge in [-0.2, -0.15) is 0 Å². The highest BCUT2D eigenvalue weighted by Crippen LogP contribution is 2.27. The summed E-state index contributed by atoms with van der Waals surface area (Å²) in [6.45, 7) is 17.5. The molecule has 0 unspecified atom stereocenters. The number of aromatic nitrogens is 2. The molecule has 0 saturated carbocycles. The molecule has 0 atom stereocenters. The van der Waals surface area contributed by atoms with E-state index in [1.54, 1.807) is 38.1 Å². The van der Waals surface area contributed by atoms with E-state index < -0.39 is 5.54 Å². The van der Waals surface area contributed by atoms with Gasteiger partial charge in [0.05, 0.1) is 0 Å². The van der Waals surface area contributed by atoms with E-state index in [4.69, 9.17) is 22.0 Å². The Morgan fingerprint density at radius 2 is 1.31 bits per heavy atom. The lowest BCUT2D eigenvalue weighted by Crippen LogP contribution is -2.11. The summed E-state index contributed by atoms with van der Waals surface area (Å²) in [6.07, 6.45) is 2.91. The summed E-state index contributed by atoms with van der Waals surface area (Å²) >= 11 is 0. The summed E-state index contributed by atoms with van der Waals surface area (Å²) in [5.41, 5.74) is 1.85. The van der Waals surface area contributed by atoms with Gasteiger partial charge in [-0.1, -0.05) is 0 Å². The minimum Gasteiger partial charge on any atom is -0.444 e. The second-order valence-corrected chi connectivity index (χ2v) is 7.18. The van der Waals surface area contributed by atoms with E-state index in [1.165, 1.54) is 36.8 Å². The zero-order valence-electron chi connectivity index (χ0n) is 17.3. The Hall–Kier alpha value is -4.30. The van der Waals surface area contributed by atoms with Crippen LogP contribution in [0.2, 0.25) is 0 Å². The van der Waals surface area contributed by atoms with E-state index in [9.17, 15) is 8.78 Å². The highest BCUT2D eigenvalue weighted by Gasteiger charge is 2.30. The Labute approximate surface area is 183 Å². The topological polar surface area (TPSA) is 60.8 Å². The lowest BCUT2D eigenvalue weighted by molar-refractivity contribution is 0.562. The van der Waals surface area contributed by atoms with E-state index in [0.29, 0.717) is 34.3 Å². The van der Waals surface area contributed by atoms with Crippen LogP contribution in [0.1, 0.15) is 25.2 Å². The van der Waals surface area contributed by atoms with Gasteiger partial charge in [0.15, 0.2) is 11.4 Å². The van der Waals surface area contributed by atoms with Crippen molar-refractivity contribution in [3.05, 3.63) is 107 Å². The first-order valence-electron chi connectivity index (χ1n) is 9.46. The minimum atomic E-state index is -0.707. The van der Waals surface area contributed by atoms with Crippen molar-refractivity contribution in [2.45, 2.75) is 25.9 Å². The van der Waals surface area contributed by atoms with Gasteiger partial charge in [0, 0.05) is 25.0 Å². The van der Waals surface area contributed by atoms with Gasteiger partial charge in [-0.05, 0) is 48.5 Å². The van der Waals surface area contributed by atoms with Gasteiger partial charge in [-0.3, -0.25) is 0 Å². The van der Waals surface area contributed by atoms with Gasteiger partial charge in [-0.25, -0.2) is 31.9 Å². The fourth-order valence-electron chi connectivity index (χ4n) is 2.52. The SMILES string of the molecule is [C-]#[N+]C(C)(C)c1coc(-c2ccc(F)cc2)n1.[C-]#[N+]Cc1coc(-c2ccc(F)cc2)n1. The third kappa shape index (κ3) is 5.44. The zero-order valence-corrected chi connectivity index (χ0v) is 17.3. The number of benzene rings is 2. The predicted molar refractivity (Wildman–Crippen MR) is 114 cm³/mol. The Balaban J connectivity index is 0.000000182. The van der Waals surface area contributed by atoms with Crippen LogP contribution in [-0.4, -0.2) is 9.97 Å². The van der Waals surface area contributed by atoms with Gasteiger partial charge in [0.25, 0.3) is 12.1 Å². The molecule has 6 nitrogen and oxygen atoms in total. The maximum Gasteiger partial charge on any atom is 0.271 e. The molecule has 0 N–H and O–H groups in total. The first kappa shape index (κ1) is 22.4. The summed E-state index contributed by atoms with van der Waals surface area (Å²) in [5, 5.41) is 0. The standard InChI is InChI=1S/C13H11FN2O.C11H7FN2O/c1-13(2,15-3)11-8-17-12(16-11)9-4-6-10(14)7-5-9;1-13-6-10-7-15-11(14-10)8-2-4-9(12)5-3-8/h4-8H,1-2H3;2-5,7H,6H2. The van der Waals surface area contributed by atoms with Crippen molar-refractivity contribution >= 4 is 0 Å². The predicted octanol–water partition coefficient (Wildman–Crippen LogP) is 6.54. The third-order valence-electron chi connectivity index (χ3n) is 4.39. The molecule has 2 aromatic carbocycles. The van der Waals surface area contributed by atoms with Gasteiger partial charge >= 0.3 is 0 Å². The van der Waals surface area contributed by atoms with Gasteiger partial charge in [0.2, 0.25) is 11.8 Å². The van der Waals surface area contributed by atoms with E-state index in [0.717, 1.165) is 0 Å². The molecule has 0 aliphatic heterocycles. The summed E-state index contributed by atoms with van der Waals surface area (Å²) in [4.78, 5) is 15.0. The second kappa shape index (κ2) is 9.67. The number of nitrogens with zero attached hydrogens (tertiary/aromatic N) is 4. The van der Waals surface area contributed by atoms with Crippen molar-refractivity contribution in [3.8, 4) is 22.9 Å². The van der Waals surface area contributed by atoms with E-state index in [1.807, 2.05) is 0 Å². The molecule has 160 valence electrons. The molecule has 2 heterocycles. The fraction of sp³-hybridized carbons (Fsp3) is 0.167. The highest BCUT2D eigenvalue weighted by atomic mass is 19.1. The van der Waals surface area contributed by atoms with Crippen LogP contribution >= 0.6 is 0 Å². The lowest BCUT2D eigenvalue weighted by Gasteiger charge is -2.04. The summed E-state index contributed by atoms with van der Waals surface area (Å²) in [5.74, 6) is 0.207. The first-order valence-corrected chi connectivity index (χ1v) is 9.46. The third-order valence-corrected chi connectivity index (χ3v) is 4.39. The van der Waals surface area contributed by atoms with E-state index in [2.05, 4.69) is 19.7 Å². The van der Waals surface area contributed by atoms with Crippen LogP contribution in [0.3, 0.4) is 0 Å². The van der Waals surface area contributed by atoms with Crippen LogP contribution in [0.25, 0.3) is 32.6 Å². The monoisotopic (exact) mass is 432 g/mol. The average molecular weight is 432 g/mol. The van der Waals surface area contributed by atoms with Crippen molar-refractivity contribution < 1.29 is 17.6 Å². The maximum atomic E-state index is 12.8. The Morgan fingerprint density at radius 3 is 1.81 bits per heavy atom. The highest BCUT2D eigenvalue weighted by molar-refractivity contribution is 5.53. The molecule has 4 aromatic rings. The molecule has 0 aliphatic carbocycles. The van der Waals surface area contributed by atoms with Crippen molar-refractivity contribution in [3.63, 3.8) is 0 Å². The van der Waals surface area contributed by atoms with Crippen LogP contribution < -0.4 is 0 Å². The fourth-order valence-corrected chi connectivity index (χ4v) is 2.52. The molecule has 32 heavy (non-hydrogen) atoms. The number of hydrogen-bond acceptors (Lipinski definition) is 4. The minimum absolute atomic E-state index is 0.199. The van der Waals surface area contributed by atoms with Crippen LogP contribution in [0, 0.1) is 24.8 Å². The first-order chi connectivity index (χ1) is 15.3. The lowest BCUT2D eigenvalue weighted by atomic mass is 10.0. The molecule has 0 aliphatic rings. The quantitative estimate of drug-likeness (QED) is 0.344. The molecule has 0 amide bonds. The number of oxazole rings is 2. The molecular formula is C24H18F2N4O2. The summed E-state index contributed by atoms with van der Waals surface area (Å²) in [6, 6.07) is 11.7. The largest absolute Gasteiger partial charge is 0.444 e. The van der Waals surface area contributed by atoms with Crippen molar-refractivity contribution in [1.82, 2.24) is 9.97 Å². The number of halogens is 2. The number of hydrogen-bond donors (Lipinski definition) is 0. The zero-order chi connectivity index (χ0) is 23.1. The van der Waals surface area contributed by atoms with Crippen molar-refractivity contribution in [1.29, 1.82) is 0 Å². The van der Waals surface area contributed by atoms with Crippen LogP contribution in [0.15, 0.2) is 69.9 Å². The molecule has 0 bridgehead atoms. The normalized spacial score (nSPS) is 10.6. The van der Waals surface area contributed by atoms with Crippen LogP contribution in [0.5, 0.6) is 0 Å². The maximum absolute atomic E-state index is 12.8. The molecule has 0 saturated heterocycles. The van der Waals surface area contributed by atoms with Crippen molar-refractivity contribution in [2.24, 2.45) is 0 Å². The van der Waals surface area contributed by atoms with Gasteiger partial charge in [0.1, 0.15) is 24.2 Å². The molecule has 2 aromatic heterocycles. The number of rotatable bonds is 4. The molecule has 4 rings (SSSR count). The molecule has 0 radical (unpaired) electrons. The Morgan fingerprint density at radius 1 is 0.812 bits per heavy atom. The van der Waals surface area contributed by atoms with Crippen LogP contribution in [0.4, 0.5) is 8.78 Å².